The summed E-state index contributed by atoms with van der Waals surface area (Å²) in [7, 11) is 0. The Hall–Kier alpha value is -1.72. The van der Waals surface area contributed by atoms with E-state index in [1.165, 1.54) is 17.4 Å². The molecule has 0 atom stereocenters. The van der Waals surface area contributed by atoms with Crippen molar-refractivity contribution in [3.8, 4) is 0 Å². The number of nitrogens with one attached hydrogen (secondary N) is 1. The monoisotopic (exact) mass is 265 g/mol. The fourth-order valence-electron chi connectivity index (χ4n) is 1.54. The van der Waals surface area contributed by atoms with Crippen molar-refractivity contribution in [2.24, 2.45) is 0 Å². The maximum absolute atomic E-state index is 13.1. The van der Waals surface area contributed by atoms with Gasteiger partial charge in [-0.05, 0) is 29.1 Å². The van der Waals surface area contributed by atoms with Gasteiger partial charge >= 0.3 is 0 Å². The zero-order valence-electron chi connectivity index (χ0n) is 9.52. The molecule has 1 amide bonds. The summed E-state index contributed by atoms with van der Waals surface area (Å²) in [6.45, 7) is -0.0416. The van der Waals surface area contributed by atoms with E-state index in [1.54, 1.807) is 23.6 Å². The molecule has 94 valence electrons. The smallest absolute Gasteiger partial charge is 0.252 e. The summed E-state index contributed by atoms with van der Waals surface area (Å²) in [6.07, 6.45) is 0. The summed E-state index contributed by atoms with van der Waals surface area (Å²) in [5.74, 6) is -0.600. The molecule has 5 heteroatoms. The Morgan fingerprint density at radius 1 is 1.39 bits per heavy atom. The molecule has 0 aliphatic carbocycles. The fourth-order valence-corrected chi connectivity index (χ4v) is 2.17. The van der Waals surface area contributed by atoms with E-state index in [-0.39, 0.29) is 18.1 Å². The van der Waals surface area contributed by atoms with Crippen LogP contribution in [0.1, 0.15) is 21.5 Å². The van der Waals surface area contributed by atoms with Crippen molar-refractivity contribution in [2.75, 3.05) is 0 Å². The first-order valence-electron chi connectivity index (χ1n) is 5.39. The highest BCUT2D eigenvalue weighted by atomic mass is 32.1. The van der Waals surface area contributed by atoms with E-state index in [0.29, 0.717) is 12.1 Å². The molecule has 2 N–H and O–H groups in total. The predicted octanol–water partition coefficient (Wildman–Crippen LogP) is 2.31. The third kappa shape index (κ3) is 2.94. The lowest BCUT2D eigenvalue weighted by Crippen LogP contribution is -2.22. The second-order valence-corrected chi connectivity index (χ2v) is 4.56. The molecular weight excluding hydrogens is 253 g/mol. The van der Waals surface area contributed by atoms with E-state index >= 15 is 0 Å². The summed E-state index contributed by atoms with van der Waals surface area (Å²) in [6, 6.07) is 6.16. The molecule has 18 heavy (non-hydrogen) atoms. The molecule has 2 rings (SSSR count). The van der Waals surface area contributed by atoms with Gasteiger partial charge in [0.25, 0.3) is 5.91 Å². The summed E-state index contributed by atoms with van der Waals surface area (Å²) in [5, 5.41) is 15.3. The minimum Gasteiger partial charge on any atom is -0.392 e. The molecule has 0 radical (unpaired) electrons. The molecule has 0 bridgehead atoms. The average Bonchev–Trinajstić information content (AvgIpc) is 2.91. The Balaban J connectivity index is 2.00. The lowest BCUT2D eigenvalue weighted by Gasteiger charge is -2.06. The number of carbonyl (C=O) groups excluding carboxylic acids is 1. The van der Waals surface area contributed by atoms with Crippen molar-refractivity contribution >= 4 is 17.2 Å². The lowest BCUT2D eigenvalue weighted by molar-refractivity contribution is 0.0951. The van der Waals surface area contributed by atoms with Gasteiger partial charge in [0.05, 0.1) is 6.61 Å². The normalized spacial score (nSPS) is 10.3. The van der Waals surface area contributed by atoms with Crippen molar-refractivity contribution in [1.82, 2.24) is 5.32 Å². The maximum atomic E-state index is 13.1. The van der Waals surface area contributed by atoms with Gasteiger partial charge in [-0.2, -0.15) is 11.3 Å². The highest BCUT2D eigenvalue weighted by Gasteiger charge is 2.06. The topological polar surface area (TPSA) is 49.3 Å². The molecule has 0 aliphatic heterocycles. The number of rotatable bonds is 4. The van der Waals surface area contributed by atoms with Gasteiger partial charge in [0, 0.05) is 23.1 Å². The third-order valence-corrected chi connectivity index (χ3v) is 3.20. The average molecular weight is 265 g/mol. The standard InChI is InChI=1S/C13H12FNO2S/c14-12-2-1-9(5-11(12)7-16)6-15-13(17)10-3-4-18-8-10/h1-5,8,16H,6-7H2,(H,15,17). The van der Waals surface area contributed by atoms with Gasteiger partial charge in [-0.3, -0.25) is 4.79 Å². The Kier molecular flexibility index (Phi) is 4.07. The zero-order valence-corrected chi connectivity index (χ0v) is 10.3. The number of benzene rings is 1. The van der Waals surface area contributed by atoms with Crippen LogP contribution >= 0.6 is 11.3 Å². The van der Waals surface area contributed by atoms with Crippen molar-refractivity contribution in [2.45, 2.75) is 13.2 Å². The van der Waals surface area contributed by atoms with Crippen LogP contribution in [0.2, 0.25) is 0 Å². The number of aliphatic hydroxyl groups excluding tert-OH is 1. The first-order valence-corrected chi connectivity index (χ1v) is 6.33. The first-order chi connectivity index (χ1) is 8.70. The number of aliphatic hydroxyl groups is 1. The van der Waals surface area contributed by atoms with Crippen LogP contribution in [0.25, 0.3) is 0 Å². The molecule has 0 saturated carbocycles. The summed E-state index contributed by atoms with van der Waals surface area (Å²) in [4.78, 5) is 11.7. The van der Waals surface area contributed by atoms with Gasteiger partial charge in [-0.1, -0.05) is 6.07 Å². The number of hydrogen-bond acceptors (Lipinski definition) is 3. The van der Waals surface area contributed by atoms with Crippen LogP contribution in [0.15, 0.2) is 35.0 Å². The Morgan fingerprint density at radius 2 is 2.22 bits per heavy atom. The third-order valence-electron chi connectivity index (χ3n) is 2.52. The largest absolute Gasteiger partial charge is 0.392 e. The number of halogens is 1. The van der Waals surface area contributed by atoms with E-state index < -0.39 is 5.82 Å². The van der Waals surface area contributed by atoms with E-state index in [0.717, 1.165) is 5.56 Å². The predicted molar refractivity (Wildman–Crippen MR) is 67.8 cm³/mol. The summed E-state index contributed by atoms with van der Waals surface area (Å²) < 4.78 is 13.1. The van der Waals surface area contributed by atoms with Crippen LogP contribution in [0.5, 0.6) is 0 Å². The minimum atomic E-state index is -0.439. The quantitative estimate of drug-likeness (QED) is 0.891. The van der Waals surface area contributed by atoms with E-state index in [1.807, 2.05) is 5.38 Å². The highest BCUT2D eigenvalue weighted by molar-refractivity contribution is 7.08. The molecule has 0 fully saturated rings. The van der Waals surface area contributed by atoms with Crippen molar-refractivity contribution in [3.05, 3.63) is 57.5 Å². The van der Waals surface area contributed by atoms with Crippen LogP contribution < -0.4 is 5.32 Å². The Morgan fingerprint density at radius 3 is 2.89 bits per heavy atom. The molecular formula is C13H12FNO2S. The number of thiophene rings is 1. The molecule has 0 aliphatic rings. The van der Waals surface area contributed by atoms with Crippen molar-refractivity contribution in [3.63, 3.8) is 0 Å². The number of hydrogen-bond donors (Lipinski definition) is 2. The summed E-state index contributed by atoms with van der Waals surface area (Å²) in [5.41, 5.74) is 1.60. The van der Waals surface area contributed by atoms with E-state index in [4.69, 9.17) is 5.11 Å². The Bertz CT molecular complexity index is 540. The molecule has 3 nitrogen and oxygen atoms in total. The van der Waals surface area contributed by atoms with Crippen molar-refractivity contribution in [1.29, 1.82) is 0 Å². The molecule has 0 saturated heterocycles. The minimum absolute atomic E-state index is 0.161. The highest BCUT2D eigenvalue weighted by Crippen LogP contribution is 2.11. The summed E-state index contributed by atoms with van der Waals surface area (Å²) >= 11 is 1.45. The van der Waals surface area contributed by atoms with Gasteiger partial charge in [0.2, 0.25) is 0 Å². The van der Waals surface area contributed by atoms with Gasteiger partial charge in [-0.25, -0.2) is 4.39 Å². The van der Waals surface area contributed by atoms with Gasteiger partial charge in [0.15, 0.2) is 0 Å². The van der Waals surface area contributed by atoms with Crippen LogP contribution in [-0.2, 0) is 13.2 Å². The molecule has 1 heterocycles. The number of carbonyl (C=O) groups is 1. The Labute approximate surface area is 108 Å². The fraction of sp³-hybridized carbons (Fsp3) is 0.154. The van der Waals surface area contributed by atoms with Crippen LogP contribution in [0.3, 0.4) is 0 Å². The molecule has 1 aromatic heterocycles. The van der Waals surface area contributed by atoms with Crippen LogP contribution in [0, 0.1) is 5.82 Å². The SMILES string of the molecule is O=C(NCc1ccc(F)c(CO)c1)c1ccsc1. The van der Waals surface area contributed by atoms with E-state index in [9.17, 15) is 9.18 Å². The van der Waals surface area contributed by atoms with Gasteiger partial charge in [0.1, 0.15) is 5.82 Å². The maximum Gasteiger partial charge on any atom is 0.252 e. The molecule has 1 aromatic carbocycles. The molecule has 2 aromatic rings. The second kappa shape index (κ2) is 5.75. The van der Waals surface area contributed by atoms with Gasteiger partial charge < -0.3 is 10.4 Å². The van der Waals surface area contributed by atoms with Crippen molar-refractivity contribution < 1.29 is 14.3 Å². The molecule has 0 spiro atoms. The van der Waals surface area contributed by atoms with Crippen LogP contribution in [-0.4, -0.2) is 11.0 Å². The second-order valence-electron chi connectivity index (χ2n) is 3.78. The van der Waals surface area contributed by atoms with Crippen LogP contribution in [0.4, 0.5) is 4.39 Å². The lowest BCUT2D eigenvalue weighted by atomic mass is 10.1. The van der Waals surface area contributed by atoms with E-state index in [2.05, 4.69) is 5.32 Å². The molecule has 0 unspecified atom stereocenters. The first kappa shape index (κ1) is 12.7. The zero-order chi connectivity index (χ0) is 13.0. The number of amides is 1. The van der Waals surface area contributed by atoms with Gasteiger partial charge in [-0.15, -0.1) is 0 Å².